The number of aryl methyl sites for hydroxylation is 1. The van der Waals surface area contributed by atoms with Crippen molar-refractivity contribution >= 4 is 34.3 Å². The van der Waals surface area contributed by atoms with E-state index in [0.717, 1.165) is 11.1 Å². The van der Waals surface area contributed by atoms with Gasteiger partial charge in [-0.3, -0.25) is 0 Å². The second kappa shape index (κ2) is 6.55. The maximum atomic E-state index is 9.58. The van der Waals surface area contributed by atoms with Crippen LogP contribution in [0.4, 0.5) is 0 Å². The molecular weight excluding hydrogens is 351 g/mol. The minimum atomic E-state index is -0.385. The average Bonchev–Trinajstić information content (AvgIpc) is 3.02. The Morgan fingerprint density at radius 3 is 2.67 bits per heavy atom. The topological polar surface area (TPSA) is 79.4 Å². The molecule has 3 aromatic rings. The molecule has 0 atom stereocenters. The minimum Gasteiger partial charge on any atom is -0.504 e. The molecule has 1 aromatic heterocycles. The first kappa shape index (κ1) is 16.4. The number of halogens is 2. The van der Waals surface area contributed by atoms with Crippen molar-refractivity contribution in [2.24, 2.45) is 0 Å². The monoisotopic (exact) mass is 362 g/mol. The van der Waals surface area contributed by atoms with E-state index in [-0.39, 0.29) is 27.4 Å². The van der Waals surface area contributed by atoms with Crippen LogP contribution in [0.1, 0.15) is 17.0 Å². The molecule has 0 aliphatic heterocycles. The Balaban J connectivity index is 1.92. The van der Waals surface area contributed by atoms with E-state index in [4.69, 9.17) is 27.6 Å². The minimum absolute atomic E-state index is 0.0108. The average molecular weight is 363 g/mol. The van der Waals surface area contributed by atoms with Crippen LogP contribution in [0.15, 0.2) is 40.8 Å². The highest BCUT2D eigenvalue weighted by Crippen LogP contribution is 2.35. The smallest absolute Gasteiger partial charge is 0.259 e. The van der Waals surface area contributed by atoms with Gasteiger partial charge in [-0.2, -0.15) is 0 Å². The summed E-state index contributed by atoms with van der Waals surface area (Å²) in [5.41, 5.74) is 2.35. The van der Waals surface area contributed by atoms with Crippen molar-refractivity contribution in [3.8, 4) is 23.0 Å². The molecule has 5 nitrogen and oxygen atoms in total. The first-order valence-electron chi connectivity index (χ1n) is 6.93. The standard InChI is InChI=1S/C17H12Cl2N2O3/c1-9-3-2-4-11(5-9)16-20-21-17(24-16)13(19)7-10-6-12(18)15(23)14(22)8-10/h2-8,22-23H,1H3/b13-7-. The van der Waals surface area contributed by atoms with E-state index in [1.807, 2.05) is 31.2 Å². The van der Waals surface area contributed by atoms with Gasteiger partial charge in [0.05, 0.1) is 5.02 Å². The Morgan fingerprint density at radius 2 is 1.96 bits per heavy atom. The molecule has 2 N–H and O–H groups in total. The van der Waals surface area contributed by atoms with Gasteiger partial charge in [-0.15, -0.1) is 10.2 Å². The summed E-state index contributed by atoms with van der Waals surface area (Å²) in [6.45, 7) is 1.97. The molecular formula is C17H12Cl2N2O3. The number of aromatic nitrogens is 2. The molecule has 0 bridgehead atoms. The van der Waals surface area contributed by atoms with Gasteiger partial charge in [0.15, 0.2) is 11.5 Å². The summed E-state index contributed by atoms with van der Waals surface area (Å²) >= 11 is 12.0. The lowest BCUT2D eigenvalue weighted by atomic mass is 10.1. The fraction of sp³-hybridized carbons (Fsp3) is 0.0588. The van der Waals surface area contributed by atoms with E-state index >= 15 is 0 Å². The summed E-state index contributed by atoms with van der Waals surface area (Å²) in [4.78, 5) is 0. The second-order valence-corrected chi connectivity index (χ2v) is 5.96. The molecule has 0 fully saturated rings. The molecule has 0 amide bonds. The quantitative estimate of drug-likeness (QED) is 0.651. The first-order valence-corrected chi connectivity index (χ1v) is 7.69. The molecule has 0 radical (unpaired) electrons. The number of rotatable bonds is 3. The van der Waals surface area contributed by atoms with Gasteiger partial charge in [-0.1, -0.05) is 40.9 Å². The number of nitrogens with zero attached hydrogens (tertiary/aromatic N) is 2. The number of phenolic OH excluding ortho intramolecular Hbond substituents is 2. The van der Waals surface area contributed by atoms with Crippen LogP contribution < -0.4 is 0 Å². The van der Waals surface area contributed by atoms with Gasteiger partial charge in [0.25, 0.3) is 5.89 Å². The summed E-state index contributed by atoms with van der Waals surface area (Å²) in [5, 5.41) is 27.1. The largest absolute Gasteiger partial charge is 0.504 e. The van der Waals surface area contributed by atoms with Crippen LogP contribution in [0.2, 0.25) is 5.02 Å². The Kier molecular flexibility index (Phi) is 4.46. The molecule has 2 aromatic carbocycles. The summed E-state index contributed by atoms with van der Waals surface area (Å²) in [5.74, 6) is -0.239. The van der Waals surface area contributed by atoms with E-state index < -0.39 is 0 Å². The summed E-state index contributed by atoms with van der Waals surface area (Å²) in [6, 6.07) is 10.4. The number of hydrogen-bond acceptors (Lipinski definition) is 5. The van der Waals surface area contributed by atoms with Crippen LogP contribution in [-0.4, -0.2) is 20.4 Å². The van der Waals surface area contributed by atoms with Gasteiger partial charge in [-0.05, 0) is 42.8 Å². The van der Waals surface area contributed by atoms with Crippen molar-refractivity contribution < 1.29 is 14.6 Å². The Labute approximate surface area is 147 Å². The van der Waals surface area contributed by atoms with E-state index in [1.54, 1.807) is 0 Å². The Bertz CT molecular complexity index is 912. The Hall–Kier alpha value is -2.50. The first-order chi connectivity index (χ1) is 11.4. The van der Waals surface area contributed by atoms with Crippen molar-refractivity contribution in [1.29, 1.82) is 0 Å². The third-order valence-electron chi connectivity index (χ3n) is 3.25. The third kappa shape index (κ3) is 3.37. The van der Waals surface area contributed by atoms with Gasteiger partial charge < -0.3 is 14.6 Å². The summed E-state index contributed by atoms with van der Waals surface area (Å²) in [7, 11) is 0. The predicted molar refractivity (Wildman–Crippen MR) is 93.0 cm³/mol. The number of aromatic hydroxyl groups is 2. The zero-order valence-corrected chi connectivity index (χ0v) is 14.0. The fourth-order valence-corrected chi connectivity index (χ4v) is 2.54. The van der Waals surface area contributed by atoms with Crippen LogP contribution in [-0.2, 0) is 0 Å². The molecule has 24 heavy (non-hydrogen) atoms. The number of benzene rings is 2. The maximum Gasteiger partial charge on any atom is 0.259 e. The normalized spacial score (nSPS) is 11.7. The van der Waals surface area contributed by atoms with Crippen molar-refractivity contribution in [1.82, 2.24) is 10.2 Å². The Morgan fingerprint density at radius 1 is 1.17 bits per heavy atom. The maximum absolute atomic E-state index is 9.58. The van der Waals surface area contributed by atoms with Crippen LogP contribution in [0.3, 0.4) is 0 Å². The van der Waals surface area contributed by atoms with E-state index in [9.17, 15) is 10.2 Å². The van der Waals surface area contributed by atoms with Crippen LogP contribution in [0.5, 0.6) is 11.5 Å². The molecule has 0 saturated heterocycles. The van der Waals surface area contributed by atoms with Crippen molar-refractivity contribution in [2.45, 2.75) is 6.92 Å². The highest BCUT2D eigenvalue weighted by molar-refractivity contribution is 6.50. The zero-order chi connectivity index (χ0) is 17.3. The van der Waals surface area contributed by atoms with Crippen LogP contribution in [0.25, 0.3) is 22.6 Å². The van der Waals surface area contributed by atoms with Crippen molar-refractivity contribution in [3.05, 3.63) is 58.4 Å². The molecule has 0 aliphatic carbocycles. The van der Waals surface area contributed by atoms with E-state index in [1.165, 1.54) is 18.2 Å². The van der Waals surface area contributed by atoms with Gasteiger partial charge in [-0.25, -0.2) is 0 Å². The van der Waals surface area contributed by atoms with Crippen molar-refractivity contribution in [2.75, 3.05) is 0 Å². The second-order valence-electron chi connectivity index (χ2n) is 5.14. The molecule has 3 rings (SSSR count). The SMILES string of the molecule is Cc1cccc(-c2nnc(/C(Cl)=C/c3cc(O)c(O)c(Cl)c3)o2)c1. The zero-order valence-electron chi connectivity index (χ0n) is 12.5. The lowest BCUT2D eigenvalue weighted by molar-refractivity contribution is 0.404. The predicted octanol–water partition coefficient (Wildman–Crippen LogP) is 4.85. The lowest BCUT2D eigenvalue weighted by Crippen LogP contribution is -1.80. The van der Waals surface area contributed by atoms with Gasteiger partial charge in [0.1, 0.15) is 5.03 Å². The number of phenols is 2. The number of hydrogen-bond donors (Lipinski definition) is 2. The molecule has 0 saturated carbocycles. The van der Waals surface area contributed by atoms with Crippen LogP contribution in [0, 0.1) is 6.92 Å². The lowest BCUT2D eigenvalue weighted by Gasteiger charge is -2.02. The third-order valence-corrected chi connectivity index (χ3v) is 3.81. The molecule has 7 heteroatoms. The van der Waals surface area contributed by atoms with Crippen LogP contribution >= 0.6 is 23.2 Å². The van der Waals surface area contributed by atoms with Gasteiger partial charge in [0.2, 0.25) is 5.89 Å². The fourth-order valence-electron chi connectivity index (χ4n) is 2.11. The van der Waals surface area contributed by atoms with E-state index in [2.05, 4.69) is 10.2 Å². The summed E-state index contributed by atoms with van der Waals surface area (Å²) in [6.07, 6.45) is 1.50. The molecule has 0 spiro atoms. The highest BCUT2D eigenvalue weighted by Gasteiger charge is 2.13. The molecule has 1 heterocycles. The van der Waals surface area contributed by atoms with E-state index in [0.29, 0.717) is 11.5 Å². The molecule has 0 unspecified atom stereocenters. The van der Waals surface area contributed by atoms with Crippen molar-refractivity contribution in [3.63, 3.8) is 0 Å². The summed E-state index contributed by atoms with van der Waals surface area (Å²) < 4.78 is 5.58. The highest BCUT2D eigenvalue weighted by atomic mass is 35.5. The van der Waals surface area contributed by atoms with Gasteiger partial charge >= 0.3 is 0 Å². The van der Waals surface area contributed by atoms with Gasteiger partial charge in [0, 0.05) is 5.56 Å². The molecule has 122 valence electrons. The molecule has 0 aliphatic rings.